The molecule has 1 unspecified atom stereocenters. The lowest BCUT2D eigenvalue weighted by atomic mass is 9.75. The van der Waals surface area contributed by atoms with Gasteiger partial charge in [0.15, 0.2) is 0 Å². The van der Waals surface area contributed by atoms with E-state index in [4.69, 9.17) is 0 Å². The van der Waals surface area contributed by atoms with Crippen molar-refractivity contribution in [3.05, 3.63) is 0 Å². The first-order valence-corrected chi connectivity index (χ1v) is 6.54. The molecule has 0 saturated carbocycles. The third-order valence-corrected chi connectivity index (χ3v) is 4.17. The van der Waals surface area contributed by atoms with Crippen LogP contribution in [0.5, 0.6) is 0 Å². The summed E-state index contributed by atoms with van der Waals surface area (Å²) in [6.45, 7) is 8.29. The van der Waals surface area contributed by atoms with Gasteiger partial charge in [-0.25, -0.2) is 0 Å². The molecule has 0 bridgehead atoms. The fourth-order valence-corrected chi connectivity index (χ4v) is 3.18. The van der Waals surface area contributed by atoms with E-state index in [0.29, 0.717) is 5.54 Å². The van der Waals surface area contributed by atoms with E-state index in [1.807, 2.05) is 0 Å². The van der Waals surface area contributed by atoms with Crippen LogP contribution < -0.4 is 5.32 Å². The van der Waals surface area contributed by atoms with Crippen molar-refractivity contribution >= 4 is 0 Å². The molecule has 0 aromatic heterocycles. The van der Waals surface area contributed by atoms with E-state index < -0.39 is 0 Å². The molecule has 1 fully saturated rings. The molecule has 1 N–H and O–H groups in total. The topological polar surface area (TPSA) is 12.0 Å². The van der Waals surface area contributed by atoms with Gasteiger partial charge in [-0.1, -0.05) is 46.5 Å². The van der Waals surface area contributed by atoms with Crippen LogP contribution in [0.2, 0.25) is 0 Å². The van der Waals surface area contributed by atoms with E-state index in [1.165, 1.54) is 51.5 Å². The number of hydrogen-bond acceptors (Lipinski definition) is 1. The van der Waals surface area contributed by atoms with E-state index in [9.17, 15) is 0 Å². The molecule has 1 nitrogen and oxygen atoms in total. The first-order chi connectivity index (χ1) is 6.79. The van der Waals surface area contributed by atoms with E-state index in [2.05, 4.69) is 26.1 Å². The molecule has 14 heavy (non-hydrogen) atoms. The minimum Gasteiger partial charge on any atom is -0.311 e. The number of rotatable bonds is 4. The number of nitrogens with one attached hydrogen (secondary N) is 1. The van der Waals surface area contributed by atoms with Crippen molar-refractivity contribution in [2.45, 2.75) is 71.3 Å². The Balaban J connectivity index is 2.69. The summed E-state index contributed by atoms with van der Waals surface area (Å²) >= 11 is 0. The van der Waals surface area contributed by atoms with Crippen LogP contribution in [0.15, 0.2) is 0 Å². The highest BCUT2D eigenvalue weighted by Gasteiger charge is 2.34. The highest BCUT2D eigenvalue weighted by molar-refractivity contribution is 4.93. The Morgan fingerprint density at radius 3 is 2.36 bits per heavy atom. The number of hydrogen-bond donors (Lipinski definition) is 1. The molecule has 84 valence electrons. The molecular weight excluding hydrogens is 170 g/mol. The molecule has 1 atom stereocenters. The van der Waals surface area contributed by atoms with Gasteiger partial charge in [0.2, 0.25) is 0 Å². The maximum absolute atomic E-state index is 3.85. The molecule has 0 spiro atoms. The Bertz CT molecular complexity index is 141. The summed E-state index contributed by atoms with van der Waals surface area (Å²) in [6.07, 6.45) is 9.60. The van der Waals surface area contributed by atoms with E-state index >= 15 is 0 Å². The van der Waals surface area contributed by atoms with Crippen molar-refractivity contribution in [2.75, 3.05) is 6.54 Å². The van der Waals surface area contributed by atoms with Crippen LogP contribution >= 0.6 is 0 Å². The average molecular weight is 197 g/mol. The summed E-state index contributed by atoms with van der Waals surface area (Å²) in [5, 5.41) is 3.85. The molecular formula is C13H27N. The largest absolute Gasteiger partial charge is 0.311 e. The summed E-state index contributed by atoms with van der Waals surface area (Å²) in [5.41, 5.74) is 0.472. The van der Waals surface area contributed by atoms with Crippen molar-refractivity contribution in [3.8, 4) is 0 Å². The standard InChI is InChI=1S/C13H27N/c1-4-12(5-2)13(6-3)10-8-7-9-11-14-13/h12,14H,4-11H2,1-3H3. The molecule has 1 aliphatic rings. The van der Waals surface area contributed by atoms with Crippen LogP contribution in [0.25, 0.3) is 0 Å². The van der Waals surface area contributed by atoms with Crippen LogP contribution in [0.1, 0.15) is 65.7 Å². The smallest absolute Gasteiger partial charge is 0.0206 e. The molecule has 1 heterocycles. The predicted molar refractivity (Wildman–Crippen MR) is 63.6 cm³/mol. The molecule has 1 aliphatic heterocycles. The minimum atomic E-state index is 0.472. The fraction of sp³-hybridized carbons (Fsp3) is 1.00. The lowest BCUT2D eigenvalue weighted by Gasteiger charge is -2.40. The second kappa shape index (κ2) is 5.75. The lowest BCUT2D eigenvalue weighted by Crippen LogP contribution is -2.50. The van der Waals surface area contributed by atoms with Gasteiger partial charge in [0, 0.05) is 5.54 Å². The molecule has 1 rings (SSSR count). The van der Waals surface area contributed by atoms with Crippen LogP contribution in [-0.2, 0) is 0 Å². The highest BCUT2D eigenvalue weighted by atomic mass is 15.0. The predicted octanol–water partition coefficient (Wildman–Crippen LogP) is 3.74. The van der Waals surface area contributed by atoms with Crippen LogP contribution in [-0.4, -0.2) is 12.1 Å². The molecule has 0 aromatic rings. The third-order valence-electron chi connectivity index (χ3n) is 4.17. The van der Waals surface area contributed by atoms with Gasteiger partial charge in [-0.05, 0) is 31.7 Å². The minimum absolute atomic E-state index is 0.472. The summed E-state index contributed by atoms with van der Waals surface area (Å²) in [4.78, 5) is 0. The Labute approximate surface area is 89.7 Å². The summed E-state index contributed by atoms with van der Waals surface area (Å²) in [7, 11) is 0. The normalized spacial score (nSPS) is 29.1. The van der Waals surface area contributed by atoms with Crippen LogP contribution in [0, 0.1) is 5.92 Å². The zero-order valence-corrected chi connectivity index (χ0v) is 10.2. The van der Waals surface area contributed by atoms with Gasteiger partial charge in [0.25, 0.3) is 0 Å². The van der Waals surface area contributed by atoms with Gasteiger partial charge >= 0.3 is 0 Å². The Morgan fingerprint density at radius 1 is 1.07 bits per heavy atom. The molecule has 0 amide bonds. The Morgan fingerprint density at radius 2 is 1.79 bits per heavy atom. The van der Waals surface area contributed by atoms with E-state index in [-0.39, 0.29) is 0 Å². The van der Waals surface area contributed by atoms with Crippen molar-refractivity contribution in [2.24, 2.45) is 5.92 Å². The van der Waals surface area contributed by atoms with Crippen molar-refractivity contribution in [1.82, 2.24) is 5.32 Å². The first kappa shape index (κ1) is 12.0. The third kappa shape index (κ3) is 2.50. The maximum Gasteiger partial charge on any atom is 0.0206 e. The second-order valence-electron chi connectivity index (χ2n) is 4.76. The SMILES string of the molecule is CCC(CC)C1(CC)CCCCCN1. The Hall–Kier alpha value is -0.0400. The molecule has 1 saturated heterocycles. The summed E-state index contributed by atoms with van der Waals surface area (Å²) in [6, 6.07) is 0. The van der Waals surface area contributed by atoms with E-state index in [1.54, 1.807) is 0 Å². The van der Waals surface area contributed by atoms with Crippen molar-refractivity contribution in [3.63, 3.8) is 0 Å². The van der Waals surface area contributed by atoms with Gasteiger partial charge in [0.1, 0.15) is 0 Å². The summed E-state index contributed by atoms with van der Waals surface area (Å²) in [5.74, 6) is 0.880. The lowest BCUT2D eigenvalue weighted by molar-refractivity contribution is 0.180. The summed E-state index contributed by atoms with van der Waals surface area (Å²) < 4.78 is 0. The van der Waals surface area contributed by atoms with Gasteiger partial charge < -0.3 is 5.32 Å². The quantitative estimate of drug-likeness (QED) is 0.724. The maximum atomic E-state index is 3.85. The molecule has 0 aliphatic carbocycles. The van der Waals surface area contributed by atoms with Crippen molar-refractivity contribution < 1.29 is 0 Å². The van der Waals surface area contributed by atoms with Gasteiger partial charge in [0.05, 0.1) is 0 Å². The van der Waals surface area contributed by atoms with Crippen LogP contribution in [0.4, 0.5) is 0 Å². The van der Waals surface area contributed by atoms with Gasteiger partial charge in [-0.15, -0.1) is 0 Å². The van der Waals surface area contributed by atoms with Crippen LogP contribution in [0.3, 0.4) is 0 Å². The Kier molecular flexibility index (Phi) is 4.94. The monoisotopic (exact) mass is 197 g/mol. The van der Waals surface area contributed by atoms with E-state index in [0.717, 1.165) is 5.92 Å². The zero-order valence-electron chi connectivity index (χ0n) is 10.2. The van der Waals surface area contributed by atoms with Crippen molar-refractivity contribution in [1.29, 1.82) is 0 Å². The van der Waals surface area contributed by atoms with Gasteiger partial charge in [-0.2, -0.15) is 0 Å². The molecule has 1 heteroatoms. The average Bonchev–Trinajstić information content (AvgIpc) is 2.46. The zero-order chi connectivity index (χ0) is 10.4. The van der Waals surface area contributed by atoms with Gasteiger partial charge in [-0.3, -0.25) is 0 Å². The first-order valence-electron chi connectivity index (χ1n) is 6.54. The highest BCUT2D eigenvalue weighted by Crippen LogP contribution is 2.33. The molecule has 0 aromatic carbocycles. The fourth-order valence-electron chi connectivity index (χ4n) is 3.18. The second-order valence-corrected chi connectivity index (χ2v) is 4.76. The molecule has 0 radical (unpaired) electrons.